The number of aryl methyl sites for hydroxylation is 1. The molecule has 0 unspecified atom stereocenters. The molecule has 0 spiro atoms. The summed E-state index contributed by atoms with van der Waals surface area (Å²) in [6, 6.07) is 12.6. The Labute approximate surface area is 197 Å². The lowest BCUT2D eigenvalue weighted by Crippen LogP contribution is -2.43. The van der Waals surface area contributed by atoms with Crippen molar-refractivity contribution in [3.63, 3.8) is 0 Å². The largest absolute Gasteiger partial charge is 0.309 e. The molecule has 2 heterocycles. The molecule has 0 saturated carbocycles. The van der Waals surface area contributed by atoms with Crippen LogP contribution in [0.2, 0.25) is 0 Å². The van der Waals surface area contributed by atoms with Gasteiger partial charge in [-0.1, -0.05) is 35.6 Å². The lowest BCUT2D eigenvalue weighted by atomic mass is 10.1. The number of hydrogen-bond acceptors (Lipinski definition) is 6. The first-order valence-electron chi connectivity index (χ1n) is 10.1. The van der Waals surface area contributed by atoms with Crippen molar-refractivity contribution in [2.45, 2.75) is 13.3 Å². The van der Waals surface area contributed by atoms with E-state index < -0.39 is 11.8 Å². The van der Waals surface area contributed by atoms with Gasteiger partial charge in [-0.25, -0.2) is 4.98 Å². The van der Waals surface area contributed by atoms with Crippen LogP contribution in [0.25, 0.3) is 10.2 Å². The molecule has 32 heavy (non-hydrogen) atoms. The molecule has 0 atom stereocenters. The van der Waals surface area contributed by atoms with Crippen LogP contribution in [0.1, 0.15) is 32.7 Å². The summed E-state index contributed by atoms with van der Waals surface area (Å²) in [5.41, 5.74) is 2.60. The minimum atomic E-state index is -0.428. The van der Waals surface area contributed by atoms with E-state index in [-0.39, 0.29) is 24.9 Å². The topological polar surface area (TPSA) is 73.8 Å². The number of rotatable bonds is 7. The molecule has 168 valence electrons. The number of carbonyl (C=O) groups excluding carboxylic acids is 3. The number of amides is 3. The Morgan fingerprint density at radius 2 is 1.66 bits per heavy atom. The molecule has 1 aliphatic heterocycles. The van der Waals surface area contributed by atoms with E-state index >= 15 is 0 Å². The maximum Gasteiger partial charge on any atom is 0.262 e. The maximum atomic E-state index is 13.3. The second kappa shape index (κ2) is 9.77. The van der Waals surface area contributed by atoms with Crippen molar-refractivity contribution in [2.75, 3.05) is 38.6 Å². The van der Waals surface area contributed by atoms with E-state index in [4.69, 9.17) is 4.98 Å². The predicted molar refractivity (Wildman–Crippen MR) is 129 cm³/mol. The Balaban J connectivity index is 0.00000289. The van der Waals surface area contributed by atoms with Crippen molar-refractivity contribution in [1.29, 1.82) is 0 Å². The number of aromatic nitrogens is 1. The van der Waals surface area contributed by atoms with Gasteiger partial charge in [0.2, 0.25) is 5.91 Å². The zero-order valence-corrected chi connectivity index (χ0v) is 19.8. The van der Waals surface area contributed by atoms with Gasteiger partial charge in [0.1, 0.15) is 6.54 Å². The number of benzene rings is 2. The number of halogens is 1. The van der Waals surface area contributed by atoms with E-state index in [0.29, 0.717) is 22.8 Å². The number of para-hydroxylation sites is 1. The maximum absolute atomic E-state index is 13.3. The number of hydrogen-bond donors (Lipinski definition) is 0. The van der Waals surface area contributed by atoms with Crippen LogP contribution in [0.4, 0.5) is 5.13 Å². The molecule has 0 radical (unpaired) electrons. The Hall–Kier alpha value is -2.81. The van der Waals surface area contributed by atoms with Gasteiger partial charge in [0.25, 0.3) is 11.8 Å². The molecule has 3 amide bonds. The Morgan fingerprint density at radius 3 is 2.25 bits per heavy atom. The van der Waals surface area contributed by atoms with Crippen LogP contribution in [0, 0.1) is 6.92 Å². The lowest BCUT2D eigenvalue weighted by Gasteiger charge is -2.23. The molecule has 1 aromatic heterocycles. The van der Waals surface area contributed by atoms with E-state index in [1.807, 2.05) is 39.2 Å². The molecule has 4 rings (SSSR count). The SMILES string of the molecule is Cc1cccc2sc(N(CCCN(C)C)C(=O)CN3C(=O)c4ccccc4C3=O)nc12.Cl. The van der Waals surface area contributed by atoms with Gasteiger partial charge < -0.3 is 4.90 Å². The molecule has 0 fully saturated rings. The van der Waals surface area contributed by atoms with Crippen molar-refractivity contribution in [3.05, 3.63) is 59.2 Å². The Bertz CT molecular complexity index is 1140. The van der Waals surface area contributed by atoms with Crippen molar-refractivity contribution in [1.82, 2.24) is 14.8 Å². The van der Waals surface area contributed by atoms with Crippen molar-refractivity contribution in [2.24, 2.45) is 0 Å². The summed E-state index contributed by atoms with van der Waals surface area (Å²) in [6.07, 6.45) is 0.746. The Kier molecular flexibility index (Phi) is 7.28. The second-order valence-electron chi connectivity index (χ2n) is 7.86. The van der Waals surface area contributed by atoms with Crippen LogP contribution < -0.4 is 4.90 Å². The predicted octanol–water partition coefficient (Wildman–Crippen LogP) is 3.61. The minimum absolute atomic E-state index is 0. The molecule has 0 aliphatic carbocycles. The fraction of sp³-hybridized carbons (Fsp3) is 0.304. The lowest BCUT2D eigenvalue weighted by molar-refractivity contribution is -0.119. The third-order valence-corrected chi connectivity index (χ3v) is 6.34. The Morgan fingerprint density at radius 1 is 1.00 bits per heavy atom. The minimum Gasteiger partial charge on any atom is -0.309 e. The number of carbonyl (C=O) groups is 3. The highest BCUT2D eigenvalue weighted by Crippen LogP contribution is 2.31. The molecular weight excluding hydrogens is 448 g/mol. The van der Waals surface area contributed by atoms with E-state index in [2.05, 4.69) is 4.90 Å². The summed E-state index contributed by atoms with van der Waals surface area (Å²) < 4.78 is 1.00. The third-order valence-electron chi connectivity index (χ3n) is 5.30. The quantitative estimate of drug-likeness (QED) is 0.491. The van der Waals surface area contributed by atoms with Gasteiger partial charge in [-0.2, -0.15) is 0 Å². The van der Waals surface area contributed by atoms with Crippen molar-refractivity contribution >= 4 is 56.8 Å². The molecule has 1 aliphatic rings. The van der Waals surface area contributed by atoms with E-state index in [1.54, 1.807) is 29.2 Å². The molecule has 0 bridgehead atoms. The van der Waals surface area contributed by atoms with E-state index in [0.717, 1.165) is 33.6 Å². The zero-order valence-electron chi connectivity index (χ0n) is 18.2. The average Bonchev–Trinajstić information content (AvgIpc) is 3.27. The van der Waals surface area contributed by atoms with Crippen LogP contribution in [-0.4, -0.2) is 66.2 Å². The molecule has 0 N–H and O–H groups in total. The summed E-state index contributed by atoms with van der Waals surface area (Å²) in [7, 11) is 3.96. The molecule has 3 aromatic rings. The van der Waals surface area contributed by atoms with Crippen LogP contribution in [-0.2, 0) is 4.79 Å². The number of nitrogens with zero attached hydrogens (tertiary/aromatic N) is 4. The first-order chi connectivity index (χ1) is 14.9. The summed E-state index contributed by atoms with van der Waals surface area (Å²) in [5.74, 6) is -1.17. The zero-order chi connectivity index (χ0) is 22.1. The fourth-order valence-corrected chi connectivity index (χ4v) is 4.75. The highest BCUT2D eigenvalue weighted by Gasteiger charge is 2.37. The first kappa shape index (κ1) is 23.8. The first-order valence-corrected chi connectivity index (χ1v) is 10.9. The third kappa shape index (κ3) is 4.53. The summed E-state index contributed by atoms with van der Waals surface area (Å²) in [5, 5.41) is 0.588. The normalized spacial score (nSPS) is 12.9. The highest BCUT2D eigenvalue weighted by atomic mass is 35.5. The number of anilines is 1. The molecule has 7 nitrogen and oxygen atoms in total. The van der Waals surface area contributed by atoms with Gasteiger partial charge in [-0.05, 0) is 57.7 Å². The molecule has 0 saturated heterocycles. The highest BCUT2D eigenvalue weighted by molar-refractivity contribution is 7.22. The van der Waals surface area contributed by atoms with Gasteiger partial charge in [-0.3, -0.25) is 24.2 Å². The average molecular weight is 473 g/mol. The summed E-state index contributed by atoms with van der Waals surface area (Å²) in [6.45, 7) is 2.95. The van der Waals surface area contributed by atoms with E-state index in [9.17, 15) is 14.4 Å². The van der Waals surface area contributed by atoms with Crippen molar-refractivity contribution in [3.8, 4) is 0 Å². The smallest absolute Gasteiger partial charge is 0.262 e. The standard InChI is InChI=1S/C23H24N4O3S.ClH/c1-15-8-6-11-18-20(15)24-23(31-18)26(13-7-12-25(2)3)19(28)14-27-21(29)16-9-4-5-10-17(16)22(27)30;/h4-6,8-11H,7,12-14H2,1-3H3;1H. The van der Waals surface area contributed by atoms with Gasteiger partial charge in [0.15, 0.2) is 5.13 Å². The van der Waals surface area contributed by atoms with Crippen LogP contribution >= 0.6 is 23.7 Å². The van der Waals surface area contributed by atoms with Gasteiger partial charge in [-0.15, -0.1) is 12.4 Å². The number of thiazole rings is 1. The summed E-state index contributed by atoms with van der Waals surface area (Å²) in [4.78, 5) is 48.1. The van der Waals surface area contributed by atoms with Gasteiger partial charge >= 0.3 is 0 Å². The fourth-order valence-electron chi connectivity index (χ4n) is 3.67. The molecule has 2 aromatic carbocycles. The second-order valence-corrected chi connectivity index (χ2v) is 8.87. The van der Waals surface area contributed by atoms with Crippen molar-refractivity contribution < 1.29 is 14.4 Å². The van der Waals surface area contributed by atoms with Crippen LogP contribution in [0.15, 0.2) is 42.5 Å². The molecular formula is C23H25ClN4O3S. The van der Waals surface area contributed by atoms with Gasteiger partial charge in [0.05, 0.1) is 21.3 Å². The monoisotopic (exact) mass is 472 g/mol. The summed E-state index contributed by atoms with van der Waals surface area (Å²) >= 11 is 1.45. The van der Waals surface area contributed by atoms with Crippen LogP contribution in [0.3, 0.4) is 0 Å². The van der Waals surface area contributed by atoms with Gasteiger partial charge in [0, 0.05) is 6.54 Å². The number of fused-ring (bicyclic) bond motifs is 2. The number of imide groups is 1. The van der Waals surface area contributed by atoms with E-state index in [1.165, 1.54) is 11.3 Å². The van der Waals surface area contributed by atoms with Crippen LogP contribution in [0.5, 0.6) is 0 Å². The molecule has 9 heteroatoms.